The van der Waals surface area contributed by atoms with Crippen LogP contribution >= 0.6 is 24.8 Å². The van der Waals surface area contributed by atoms with Gasteiger partial charge in [-0.15, -0.1) is 24.8 Å². The molecule has 2 aromatic carbocycles. The molecule has 3 aromatic rings. The Bertz CT molecular complexity index is 853. The summed E-state index contributed by atoms with van der Waals surface area (Å²) in [6.07, 6.45) is 3.87. The Morgan fingerprint density at radius 1 is 0.893 bits per heavy atom. The highest BCUT2D eigenvalue weighted by Gasteiger charge is 2.13. The summed E-state index contributed by atoms with van der Waals surface area (Å²) < 4.78 is 0. The molecule has 0 atom stereocenters. The van der Waals surface area contributed by atoms with Gasteiger partial charge >= 0.3 is 0 Å². The Morgan fingerprint density at radius 2 is 1.61 bits per heavy atom. The highest BCUT2D eigenvalue weighted by atomic mass is 35.5. The molecule has 0 radical (unpaired) electrons. The van der Waals surface area contributed by atoms with E-state index in [9.17, 15) is 4.79 Å². The van der Waals surface area contributed by atoms with Crippen LogP contribution in [0.4, 0.5) is 0 Å². The Labute approximate surface area is 179 Å². The normalized spacial score (nSPS) is 10.0. The van der Waals surface area contributed by atoms with E-state index in [4.69, 9.17) is 5.73 Å². The number of rotatable bonds is 8. The van der Waals surface area contributed by atoms with Crippen LogP contribution in [0, 0.1) is 0 Å². The first-order valence-corrected chi connectivity index (χ1v) is 9.12. The molecule has 2 N–H and O–H groups in total. The third-order valence-electron chi connectivity index (χ3n) is 4.61. The number of para-hydroxylation sites is 1. The number of fused-ring (bicyclic) bond motifs is 1. The van der Waals surface area contributed by atoms with Crippen LogP contribution in [0.2, 0.25) is 0 Å². The van der Waals surface area contributed by atoms with Gasteiger partial charge in [-0.25, -0.2) is 0 Å². The molecule has 0 aliphatic rings. The summed E-state index contributed by atoms with van der Waals surface area (Å²) in [4.78, 5) is 19.0. The highest BCUT2D eigenvalue weighted by Crippen LogP contribution is 2.18. The molecule has 4 nitrogen and oxygen atoms in total. The fourth-order valence-corrected chi connectivity index (χ4v) is 3.20. The molecule has 1 aromatic heterocycles. The number of hydrogen-bond acceptors (Lipinski definition) is 3. The molecule has 0 saturated carbocycles. The lowest BCUT2D eigenvalue weighted by Gasteiger charge is -2.22. The highest BCUT2D eigenvalue weighted by molar-refractivity contribution is 5.85. The number of nitrogens with two attached hydrogens (primary N) is 1. The number of carbonyl (C=O) groups excluding carboxylic acids is 1. The van der Waals surface area contributed by atoms with E-state index in [1.54, 1.807) is 0 Å². The van der Waals surface area contributed by atoms with Gasteiger partial charge in [0.15, 0.2) is 0 Å². The number of hydrogen-bond donors (Lipinski definition) is 1. The number of aryl methyl sites for hydroxylation is 1. The van der Waals surface area contributed by atoms with E-state index in [1.165, 1.54) is 11.1 Å². The van der Waals surface area contributed by atoms with E-state index in [0.29, 0.717) is 32.5 Å². The van der Waals surface area contributed by atoms with Crippen molar-refractivity contribution in [3.63, 3.8) is 0 Å². The number of nitrogens with zero attached hydrogens (tertiary/aromatic N) is 2. The second-order valence-corrected chi connectivity index (χ2v) is 6.39. The minimum Gasteiger partial charge on any atom is -0.341 e. The first-order chi connectivity index (χ1) is 12.8. The number of benzene rings is 2. The molecule has 1 amide bonds. The van der Waals surface area contributed by atoms with Crippen molar-refractivity contribution in [2.75, 3.05) is 19.6 Å². The largest absolute Gasteiger partial charge is 0.341 e. The van der Waals surface area contributed by atoms with Crippen LogP contribution in [-0.2, 0) is 17.6 Å². The fourth-order valence-electron chi connectivity index (χ4n) is 3.20. The Hall–Kier alpha value is -2.14. The van der Waals surface area contributed by atoms with Crippen molar-refractivity contribution in [3.8, 4) is 0 Å². The molecule has 28 heavy (non-hydrogen) atoms. The average molecular weight is 420 g/mol. The van der Waals surface area contributed by atoms with Gasteiger partial charge in [-0.3, -0.25) is 9.78 Å². The van der Waals surface area contributed by atoms with Crippen LogP contribution in [0.15, 0.2) is 66.9 Å². The smallest absolute Gasteiger partial charge is 0.222 e. The molecule has 0 saturated heterocycles. The molecule has 6 heteroatoms. The number of pyridine rings is 1. The summed E-state index contributed by atoms with van der Waals surface area (Å²) >= 11 is 0. The van der Waals surface area contributed by atoms with Crippen LogP contribution in [-0.4, -0.2) is 35.4 Å². The predicted molar refractivity (Wildman–Crippen MR) is 120 cm³/mol. The Balaban J connectivity index is 0.00000196. The van der Waals surface area contributed by atoms with E-state index in [0.717, 1.165) is 17.3 Å². The monoisotopic (exact) mass is 419 g/mol. The lowest BCUT2D eigenvalue weighted by Crippen LogP contribution is -2.37. The first-order valence-electron chi connectivity index (χ1n) is 9.12. The maximum atomic E-state index is 12.7. The van der Waals surface area contributed by atoms with Crippen molar-refractivity contribution >= 4 is 41.6 Å². The van der Waals surface area contributed by atoms with Gasteiger partial charge in [-0.1, -0.05) is 48.5 Å². The van der Waals surface area contributed by atoms with Gasteiger partial charge in [-0.2, -0.15) is 0 Å². The third kappa shape index (κ3) is 6.48. The van der Waals surface area contributed by atoms with Gasteiger partial charge in [0.05, 0.1) is 5.52 Å². The summed E-state index contributed by atoms with van der Waals surface area (Å²) in [5.41, 5.74) is 9.09. The molecule has 0 bridgehead atoms. The minimum atomic E-state index is 0. The average Bonchev–Trinajstić information content (AvgIpc) is 2.70. The molecule has 150 valence electrons. The number of aromatic nitrogens is 1. The minimum absolute atomic E-state index is 0. The maximum Gasteiger partial charge on any atom is 0.222 e. The quantitative estimate of drug-likeness (QED) is 0.599. The predicted octanol–water partition coefficient (Wildman–Crippen LogP) is 4.04. The molecule has 0 spiro atoms. The van der Waals surface area contributed by atoms with E-state index in [1.807, 2.05) is 53.6 Å². The molecular weight excluding hydrogens is 393 g/mol. The molecule has 0 fully saturated rings. The zero-order chi connectivity index (χ0) is 18.2. The Kier molecular flexibility index (Phi) is 10.5. The van der Waals surface area contributed by atoms with E-state index in [-0.39, 0.29) is 30.7 Å². The number of amides is 1. The van der Waals surface area contributed by atoms with Crippen LogP contribution in [0.3, 0.4) is 0 Å². The topological polar surface area (TPSA) is 59.2 Å². The summed E-state index contributed by atoms with van der Waals surface area (Å²) in [6, 6.07) is 20.3. The van der Waals surface area contributed by atoms with E-state index in [2.05, 4.69) is 23.2 Å². The lowest BCUT2D eigenvalue weighted by molar-refractivity contribution is -0.131. The molecule has 0 unspecified atom stereocenters. The summed E-state index contributed by atoms with van der Waals surface area (Å²) in [6.45, 7) is 1.79. The van der Waals surface area contributed by atoms with Crippen LogP contribution in [0.5, 0.6) is 0 Å². The van der Waals surface area contributed by atoms with E-state index < -0.39 is 0 Å². The molecule has 3 rings (SSSR count). The summed E-state index contributed by atoms with van der Waals surface area (Å²) in [5, 5.41) is 1.12. The van der Waals surface area contributed by atoms with Gasteiger partial charge in [0, 0.05) is 37.6 Å². The van der Waals surface area contributed by atoms with Crippen molar-refractivity contribution in [1.82, 2.24) is 9.88 Å². The van der Waals surface area contributed by atoms with Gasteiger partial charge in [0.25, 0.3) is 0 Å². The Morgan fingerprint density at radius 3 is 2.36 bits per heavy atom. The fraction of sp³-hybridized carbons (Fsp3) is 0.273. The maximum absolute atomic E-state index is 12.7. The standard InChI is InChI=1S/C22H25N3O.2ClH/c23-14-17-25(16-13-18-6-2-1-3-7-18)22(26)11-10-19-12-15-24-21-9-5-4-8-20(19)21;;/h1-9,12,15H,10-11,13-14,16-17,23H2;2*1H. The zero-order valence-corrected chi connectivity index (χ0v) is 17.4. The second kappa shape index (κ2) is 12.3. The molecule has 0 aliphatic heterocycles. The van der Waals surface area contributed by atoms with Crippen molar-refractivity contribution in [1.29, 1.82) is 0 Å². The first kappa shape index (κ1) is 23.9. The van der Waals surface area contributed by atoms with Crippen molar-refractivity contribution in [2.45, 2.75) is 19.3 Å². The molecular formula is C22H27Cl2N3O. The summed E-state index contributed by atoms with van der Waals surface area (Å²) in [7, 11) is 0. The van der Waals surface area contributed by atoms with Crippen molar-refractivity contribution in [3.05, 3.63) is 78.0 Å². The van der Waals surface area contributed by atoms with Gasteiger partial charge in [0.2, 0.25) is 5.91 Å². The van der Waals surface area contributed by atoms with Crippen LogP contribution < -0.4 is 5.73 Å². The third-order valence-corrected chi connectivity index (χ3v) is 4.61. The van der Waals surface area contributed by atoms with E-state index >= 15 is 0 Å². The summed E-state index contributed by atoms with van der Waals surface area (Å²) in [5.74, 6) is 0.160. The van der Waals surface area contributed by atoms with Crippen LogP contribution in [0.1, 0.15) is 17.5 Å². The molecule has 1 heterocycles. The van der Waals surface area contributed by atoms with Crippen molar-refractivity contribution < 1.29 is 4.79 Å². The molecule has 0 aliphatic carbocycles. The number of carbonyl (C=O) groups is 1. The second-order valence-electron chi connectivity index (χ2n) is 6.39. The van der Waals surface area contributed by atoms with Gasteiger partial charge in [-0.05, 0) is 36.1 Å². The lowest BCUT2D eigenvalue weighted by atomic mass is 10.0. The SMILES string of the molecule is Cl.Cl.NCCN(CCc1ccccc1)C(=O)CCc1ccnc2ccccc12. The number of halogens is 2. The van der Waals surface area contributed by atoms with Gasteiger partial charge < -0.3 is 10.6 Å². The van der Waals surface area contributed by atoms with Crippen molar-refractivity contribution in [2.24, 2.45) is 5.73 Å². The zero-order valence-electron chi connectivity index (χ0n) is 15.8. The van der Waals surface area contributed by atoms with Crippen LogP contribution in [0.25, 0.3) is 10.9 Å². The van der Waals surface area contributed by atoms with Gasteiger partial charge in [0.1, 0.15) is 0 Å².